The molecule has 1 aromatic carbocycles. The fourth-order valence-corrected chi connectivity index (χ4v) is 4.65. The third kappa shape index (κ3) is 5.76. The number of morpholine rings is 1. The first-order valence-electron chi connectivity index (χ1n) is 12.2. The molecule has 15 heteroatoms. The number of pyridine rings is 1. The molecule has 0 radical (unpaired) electrons. The van der Waals surface area contributed by atoms with Crippen LogP contribution in [0, 0.1) is 0 Å². The molecule has 4 heterocycles. The van der Waals surface area contributed by atoms with Crippen LogP contribution in [-0.2, 0) is 17.5 Å². The normalized spacial score (nSPS) is 17.4. The van der Waals surface area contributed by atoms with E-state index >= 15 is 0 Å². The number of rotatable bonds is 6. The van der Waals surface area contributed by atoms with Gasteiger partial charge in [0.15, 0.2) is 0 Å². The molecule has 2 amide bonds. The molecule has 2 aromatic heterocycles. The first kappa shape index (κ1) is 27.5. The highest BCUT2D eigenvalue weighted by Gasteiger charge is 2.34. The molecule has 2 aliphatic rings. The summed E-state index contributed by atoms with van der Waals surface area (Å²) in [6.45, 7) is 2.40. The molecule has 5 rings (SSSR count). The first-order chi connectivity index (χ1) is 19.1. The van der Waals surface area contributed by atoms with Gasteiger partial charge in [0.25, 0.3) is 6.43 Å². The van der Waals surface area contributed by atoms with Gasteiger partial charge in [0.1, 0.15) is 18.3 Å². The summed E-state index contributed by atoms with van der Waals surface area (Å²) >= 11 is 0. The van der Waals surface area contributed by atoms with E-state index in [0.717, 1.165) is 12.3 Å². The van der Waals surface area contributed by atoms with E-state index in [9.17, 15) is 26.7 Å². The fourth-order valence-electron chi connectivity index (χ4n) is 4.65. The van der Waals surface area contributed by atoms with Crippen molar-refractivity contribution in [2.45, 2.75) is 25.3 Å². The van der Waals surface area contributed by atoms with Crippen LogP contribution in [0.15, 0.2) is 47.7 Å². The Bertz CT molecular complexity index is 1400. The average Bonchev–Trinajstić information content (AvgIpc) is 3.25. The van der Waals surface area contributed by atoms with E-state index in [1.807, 2.05) is 4.90 Å². The molecule has 40 heavy (non-hydrogen) atoms. The van der Waals surface area contributed by atoms with Gasteiger partial charge in [-0.2, -0.15) is 18.3 Å². The second-order valence-electron chi connectivity index (χ2n) is 9.09. The lowest BCUT2D eigenvalue weighted by atomic mass is 9.98. The summed E-state index contributed by atoms with van der Waals surface area (Å²) in [7, 11) is 0. The van der Waals surface area contributed by atoms with E-state index in [1.165, 1.54) is 23.1 Å². The SMILES string of the molecule is NC1NC=Nn2c(CN3CCOCC3)c(C(F)F)c(-c3ccc(NC(=O)Nc4cc(C(F)(F)F)ccn4)cc3)c21. The third-order valence-corrected chi connectivity index (χ3v) is 6.50. The Morgan fingerprint density at radius 2 is 1.88 bits per heavy atom. The predicted octanol–water partition coefficient (Wildman–Crippen LogP) is 4.33. The van der Waals surface area contributed by atoms with E-state index in [4.69, 9.17) is 10.5 Å². The van der Waals surface area contributed by atoms with E-state index in [1.54, 1.807) is 12.1 Å². The van der Waals surface area contributed by atoms with Crippen molar-refractivity contribution in [3.8, 4) is 11.1 Å². The van der Waals surface area contributed by atoms with Crippen LogP contribution in [0.3, 0.4) is 0 Å². The Balaban J connectivity index is 1.41. The van der Waals surface area contributed by atoms with Crippen LogP contribution >= 0.6 is 0 Å². The minimum atomic E-state index is -4.59. The topological polar surface area (TPSA) is 122 Å². The van der Waals surface area contributed by atoms with Crippen molar-refractivity contribution in [2.75, 3.05) is 36.9 Å². The van der Waals surface area contributed by atoms with Crippen LogP contribution in [0.2, 0.25) is 0 Å². The number of amides is 2. The molecule has 2 aliphatic heterocycles. The minimum Gasteiger partial charge on any atom is -0.379 e. The molecular weight excluding hydrogens is 539 g/mol. The number of benzene rings is 1. The highest BCUT2D eigenvalue weighted by molar-refractivity contribution is 5.99. The van der Waals surface area contributed by atoms with Gasteiger partial charge in [-0.05, 0) is 29.8 Å². The number of carbonyl (C=O) groups is 1. The van der Waals surface area contributed by atoms with E-state index < -0.39 is 30.4 Å². The van der Waals surface area contributed by atoms with Crippen molar-refractivity contribution in [3.63, 3.8) is 0 Å². The molecule has 212 valence electrons. The van der Waals surface area contributed by atoms with Crippen molar-refractivity contribution < 1.29 is 31.5 Å². The number of aromatic nitrogens is 2. The average molecular weight is 565 g/mol. The van der Waals surface area contributed by atoms with Gasteiger partial charge < -0.3 is 21.1 Å². The van der Waals surface area contributed by atoms with Gasteiger partial charge in [-0.1, -0.05) is 12.1 Å². The minimum absolute atomic E-state index is 0.188. The number of nitrogens with two attached hydrogens (primary N) is 1. The van der Waals surface area contributed by atoms with Crippen molar-refractivity contribution in [3.05, 3.63) is 65.1 Å². The number of fused-ring (bicyclic) bond motifs is 1. The highest BCUT2D eigenvalue weighted by Crippen LogP contribution is 2.42. The molecule has 0 bridgehead atoms. The monoisotopic (exact) mass is 564 g/mol. The van der Waals surface area contributed by atoms with Crippen molar-refractivity contribution in [1.29, 1.82) is 0 Å². The fraction of sp³-hybridized carbons (Fsp3) is 0.320. The zero-order valence-electron chi connectivity index (χ0n) is 20.9. The van der Waals surface area contributed by atoms with Crippen molar-refractivity contribution in [1.82, 2.24) is 19.9 Å². The van der Waals surface area contributed by atoms with Crippen molar-refractivity contribution in [2.24, 2.45) is 10.8 Å². The zero-order chi connectivity index (χ0) is 28.4. The summed E-state index contributed by atoms with van der Waals surface area (Å²) in [5.74, 6) is -0.291. The van der Waals surface area contributed by atoms with Gasteiger partial charge in [0, 0.05) is 37.1 Å². The van der Waals surface area contributed by atoms with Crippen molar-refractivity contribution >= 4 is 23.9 Å². The van der Waals surface area contributed by atoms with Crippen LogP contribution in [0.4, 0.5) is 38.3 Å². The maximum Gasteiger partial charge on any atom is 0.416 e. The second kappa shape index (κ2) is 11.2. The number of anilines is 2. The Hall–Kier alpha value is -4.08. The Morgan fingerprint density at radius 3 is 2.55 bits per heavy atom. The zero-order valence-corrected chi connectivity index (χ0v) is 20.9. The summed E-state index contributed by atoms with van der Waals surface area (Å²) in [6, 6.07) is 6.73. The quantitative estimate of drug-likeness (QED) is 0.331. The smallest absolute Gasteiger partial charge is 0.379 e. The van der Waals surface area contributed by atoms with Gasteiger partial charge in [0.05, 0.1) is 35.7 Å². The Labute approximate surface area is 225 Å². The number of nitrogens with one attached hydrogen (secondary N) is 3. The molecule has 0 spiro atoms. The molecular formula is C25H25F5N8O2. The second-order valence-corrected chi connectivity index (χ2v) is 9.09. The van der Waals surface area contributed by atoms with Gasteiger partial charge >= 0.3 is 12.2 Å². The maximum absolute atomic E-state index is 14.6. The summed E-state index contributed by atoms with van der Waals surface area (Å²) in [5, 5.41) is 11.9. The molecule has 5 N–H and O–H groups in total. The number of hydrogen-bond donors (Lipinski definition) is 4. The summed E-state index contributed by atoms with van der Waals surface area (Å²) in [4.78, 5) is 18.1. The predicted molar refractivity (Wildman–Crippen MR) is 137 cm³/mol. The molecule has 1 unspecified atom stereocenters. The maximum atomic E-state index is 14.6. The number of ether oxygens (including phenoxy) is 1. The lowest BCUT2D eigenvalue weighted by Gasteiger charge is -2.27. The number of carbonyl (C=O) groups excluding carboxylic acids is 1. The van der Waals surface area contributed by atoms with Crippen LogP contribution in [0.5, 0.6) is 0 Å². The summed E-state index contributed by atoms with van der Waals surface area (Å²) in [6.07, 6.45) is -5.91. The molecule has 3 aromatic rings. The number of urea groups is 1. The standard InChI is InChI=1S/C25H25F5N8O2/c26-22(27)20-17(12-37-7-9-40-10-8-37)38-21(23(31)33-13-34-38)19(20)14-1-3-16(4-2-14)35-24(39)36-18-11-15(5-6-32-18)25(28,29)30/h1-6,11,13,22-23H,7-10,12,31H2,(H,33,34)(H2,32,35,36,39). The summed E-state index contributed by atoms with van der Waals surface area (Å²) in [5.41, 5.74) is 6.74. The molecule has 0 aliphatic carbocycles. The van der Waals surface area contributed by atoms with Crippen LogP contribution in [0.1, 0.15) is 35.1 Å². The first-order valence-corrected chi connectivity index (χ1v) is 12.2. The Morgan fingerprint density at radius 1 is 1.15 bits per heavy atom. The number of hydrogen-bond acceptors (Lipinski definition) is 7. The Kier molecular flexibility index (Phi) is 7.69. The lowest BCUT2D eigenvalue weighted by molar-refractivity contribution is -0.137. The third-order valence-electron chi connectivity index (χ3n) is 6.50. The highest BCUT2D eigenvalue weighted by atomic mass is 19.4. The molecule has 1 saturated heterocycles. The van der Waals surface area contributed by atoms with Crippen LogP contribution in [0.25, 0.3) is 11.1 Å². The van der Waals surface area contributed by atoms with Gasteiger partial charge in [-0.15, -0.1) is 0 Å². The number of nitrogens with zero attached hydrogens (tertiary/aromatic N) is 4. The van der Waals surface area contributed by atoms with Gasteiger partial charge in [-0.25, -0.2) is 23.2 Å². The molecule has 1 fully saturated rings. The molecule has 10 nitrogen and oxygen atoms in total. The number of alkyl halides is 5. The molecule has 1 atom stereocenters. The van der Waals surface area contributed by atoms with Crippen LogP contribution < -0.4 is 21.7 Å². The van der Waals surface area contributed by atoms with E-state index in [2.05, 4.69) is 26.0 Å². The number of halogens is 5. The van der Waals surface area contributed by atoms with E-state index in [-0.39, 0.29) is 29.2 Å². The molecule has 0 saturated carbocycles. The largest absolute Gasteiger partial charge is 0.416 e. The van der Waals surface area contributed by atoms with E-state index in [0.29, 0.717) is 49.3 Å². The van der Waals surface area contributed by atoms with Gasteiger partial charge in [-0.3, -0.25) is 10.2 Å². The van der Waals surface area contributed by atoms with Gasteiger partial charge in [0.2, 0.25) is 0 Å². The summed E-state index contributed by atoms with van der Waals surface area (Å²) < 4.78 is 74.8. The lowest BCUT2D eigenvalue weighted by Crippen LogP contribution is -2.37. The van der Waals surface area contributed by atoms with Crippen LogP contribution in [-0.4, -0.2) is 53.2 Å².